The lowest BCUT2D eigenvalue weighted by Gasteiger charge is -2.24. The van der Waals surface area contributed by atoms with E-state index in [1.807, 2.05) is 11.8 Å². The predicted octanol–water partition coefficient (Wildman–Crippen LogP) is 2.11. The standard InChI is InChI=1S/C9H17F5N2/c1-4-16(3)5-7(2)15-6-8(10,11)9(12,13)14/h7,15H,4-6H2,1-3H3. The van der Waals surface area contributed by atoms with E-state index < -0.39 is 24.7 Å². The van der Waals surface area contributed by atoms with Crippen LogP contribution in [-0.4, -0.2) is 49.7 Å². The minimum absolute atomic E-state index is 0.418. The molecule has 0 spiro atoms. The molecule has 0 saturated carbocycles. The Bertz CT molecular complexity index is 205. The molecule has 1 N–H and O–H groups in total. The zero-order chi connectivity index (χ0) is 13.0. The van der Waals surface area contributed by atoms with Crippen molar-refractivity contribution in [3.63, 3.8) is 0 Å². The van der Waals surface area contributed by atoms with Crippen molar-refractivity contribution in [3.05, 3.63) is 0 Å². The molecule has 2 nitrogen and oxygen atoms in total. The molecule has 0 aliphatic carbocycles. The molecule has 0 bridgehead atoms. The first-order valence-corrected chi connectivity index (χ1v) is 4.96. The minimum atomic E-state index is -5.49. The molecule has 1 atom stereocenters. The molecule has 0 radical (unpaired) electrons. The molecule has 0 saturated heterocycles. The lowest BCUT2D eigenvalue weighted by molar-refractivity contribution is -0.279. The molecule has 0 amide bonds. The maximum absolute atomic E-state index is 12.5. The van der Waals surface area contributed by atoms with Crippen LogP contribution in [0.4, 0.5) is 22.0 Å². The Morgan fingerprint density at radius 1 is 1.19 bits per heavy atom. The zero-order valence-electron chi connectivity index (χ0n) is 9.54. The second kappa shape index (κ2) is 5.77. The molecule has 0 aromatic rings. The van der Waals surface area contributed by atoms with Gasteiger partial charge in [0.15, 0.2) is 0 Å². The first-order chi connectivity index (χ1) is 7.10. The van der Waals surface area contributed by atoms with E-state index in [0.717, 1.165) is 0 Å². The smallest absolute Gasteiger partial charge is 0.307 e. The van der Waals surface area contributed by atoms with Crippen LogP contribution in [0.25, 0.3) is 0 Å². The van der Waals surface area contributed by atoms with Gasteiger partial charge in [0.1, 0.15) is 0 Å². The third kappa shape index (κ3) is 5.07. The van der Waals surface area contributed by atoms with Crippen molar-refractivity contribution in [2.24, 2.45) is 0 Å². The Balaban J connectivity index is 4.05. The summed E-state index contributed by atoms with van der Waals surface area (Å²) in [5.41, 5.74) is 0. The van der Waals surface area contributed by atoms with Crippen LogP contribution in [0.3, 0.4) is 0 Å². The number of hydrogen-bond acceptors (Lipinski definition) is 2. The molecule has 1 unspecified atom stereocenters. The van der Waals surface area contributed by atoms with Gasteiger partial charge in [-0.05, 0) is 20.5 Å². The van der Waals surface area contributed by atoms with Crippen LogP contribution >= 0.6 is 0 Å². The topological polar surface area (TPSA) is 15.3 Å². The number of halogens is 5. The average molecular weight is 248 g/mol. The van der Waals surface area contributed by atoms with E-state index in [1.165, 1.54) is 0 Å². The number of rotatable bonds is 6. The van der Waals surface area contributed by atoms with Crippen LogP contribution in [-0.2, 0) is 0 Å². The molecule has 7 heteroatoms. The molecule has 98 valence electrons. The Kier molecular flexibility index (Phi) is 5.61. The van der Waals surface area contributed by atoms with Gasteiger partial charge < -0.3 is 10.2 Å². The average Bonchev–Trinajstić information content (AvgIpc) is 2.13. The van der Waals surface area contributed by atoms with Crippen LogP contribution in [0.2, 0.25) is 0 Å². The summed E-state index contributed by atoms with van der Waals surface area (Å²) in [6, 6.07) is -0.418. The van der Waals surface area contributed by atoms with Crippen LogP contribution in [0.1, 0.15) is 13.8 Å². The third-order valence-electron chi connectivity index (χ3n) is 2.21. The summed E-state index contributed by atoms with van der Waals surface area (Å²) in [7, 11) is 1.76. The van der Waals surface area contributed by atoms with Gasteiger partial charge >= 0.3 is 12.1 Å². The van der Waals surface area contributed by atoms with Crippen molar-refractivity contribution in [3.8, 4) is 0 Å². The second-order valence-electron chi connectivity index (χ2n) is 3.84. The highest BCUT2D eigenvalue weighted by Crippen LogP contribution is 2.34. The highest BCUT2D eigenvalue weighted by atomic mass is 19.4. The van der Waals surface area contributed by atoms with Crippen molar-refractivity contribution in [1.29, 1.82) is 0 Å². The molecule has 0 aromatic heterocycles. The molecule has 16 heavy (non-hydrogen) atoms. The van der Waals surface area contributed by atoms with Gasteiger partial charge in [-0.2, -0.15) is 22.0 Å². The first-order valence-electron chi connectivity index (χ1n) is 4.96. The molecule has 0 heterocycles. The normalized spacial score (nSPS) is 15.6. The fourth-order valence-electron chi connectivity index (χ4n) is 1.06. The molecule has 0 aliphatic rings. The van der Waals surface area contributed by atoms with E-state index >= 15 is 0 Å². The minimum Gasteiger partial charge on any atom is -0.307 e. The molecular weight excluding hydrogens is 231 g/mol. The summed E-state index contributed by atoms with van der Waals surface area (Å²) >= 11 is 0. The van der Waals surface area contributed by atoms with Crippen LogP contribution < -0.4 is 5.32 Å². The van der Waals surface area contributed by atoms with Crippen molar-refractivity contribution >= 4 is 0 Å². The van der Waals surface area contributed by atoms with Gasteiger partial charge in [0.25, 0.3) is 0 Å². The molecule has 0 aliphatic heterocycles. The van der Waals surface area contributed by atoms with Crippen molar-refractivity contribution in [2.75, 3.05) is 26.7 Å². The maximum Gasteiger partial charge on any atom is 0.454 e. The highest BCUT2D eigenvalue weighted by molar-refractivity contribution is 4.80. The number of likely N-dealkylation sites (N-methyl/N-ethyl adjacent to an activating group) is 1. The van der Waals surface area contributed by atoms with Crippen molar-refractivity contribution < 1.29 is 22.0 Å². The number of alkyl halides is 5. The van der Waals surface area contributed by atoms with Gasteiger partial charge in [0.2, 0.25) is 0 Å². The van der Waals surface area contributed by atoms with Gasteiger partial charge in [-0.25, -0.2) is 0 Å². The van der Waals surface area contributed by atoms with Crippen LogP contribution in [0, 0.1) is 0 Å². The SMILES string of the molecule is CCN(C)CC(C)NCC(F)(F)C(F)(F)F. The highest BCUT2D eigenvalue weighted by Gasteiger charge is 2.57. The van der Waals surface area contributed by atoms with E-state index in [-0.39, 0.29) is 0 Å². The number of hydrogen-bond donors (Lipinski definition) is 1. The monoisotopic (exact) mass is 248 g/mol. The fourth-order valence-corrected chi connectivity index (χ4v) is 1.06. The van der Waals surface area contributed by atoms with Crippen molar-refractivity contribution in [1.82, 2.24) is 10.2 Å². The molecular formula is C9H17F5N2. The summed E-state index contributed by atoms with van der Waals surface area (Å²) in [4.78, 5) is 1.82. The van der Waals surface area contributed by atoms with E-state index in [9.17, 15) is 22.0 Å². The van der Waals surface area contributed by atoms with Gasteiger partial charge in [-0.1, -0.05) is 6.92 Å². The summed E-state index contributed by atoms with van der Waals surface area (Å²) < 4.78 is 60.5. The molecule has 0 aromatic carbocycles. The fraction of sp³-hybridized carbons (Fsp3) is 1.00. The van der Waals surface area contributed by atoms with Crippen molar-refractivity contribution in [2.45, 2.75) is 32.0 Å². The Hall–Kier alpha value is -0.430. The first kappa shape index (κ1) is 15.6. The maximum atomic E-state index is 12.5. The summed E-state index contributed by atoms with van der Waals surface area (Å²) in [5, 5.41) is 2.18. The second-order valence-corrected chi connectivity index (χ2v) is 3.84. The van der Waals surface area contributed by atoms with E-state index in [0.29, 0.717) is 13.1 Å². The Morgan fingerprint density at radius 2 is 1.69 bits per heavy atom. The predicted molar refractivity (Wildman–Crippen MR) is 51.6 cm³/mol. The van der Waals surface area contributed by atoms with Crippen LogP contribution in [0.5, 0.6) is 0 Å². The summed E-state index contributed by atoms with van der Waals surface area (Å²) in [6.45, 7) is 3.19. The van der Waals surface area contributed by atoms with Gasteiger partial charge in [0, 0.05) is 12.6 Å². The van der Waals surface area contributed by atoms with Gasteiger partial charge in [-0.3, -0.25) is 0 Å². The molecule has 0 rings (SSSR count). The third-order valence-corrected chi connectivity index (χ3v) is 2.21. The Morgan fingerprint density at radius 3 is 2.06 bits per heavy atom. The van der Waals surface area contributed by atoms with E-state index in [2.05, 4.69) is 5.32 Å². The van der Waals surface area contributed by atoms with E-state index in [4.69, 9.17) is 0 Å². The lowest BCUT2D eigenvalue weighted by atomic mass is 10.2. The Labute approximate surface area is 91.8 Å². The van der Waals surface area contributed by atoms with Crippen LogP contribution in [0.15, 0.2) is 0 Å². The van der Waals surface area contributed by atoms with Gasteiger partial charge in [-0.15, -0.1) is 0 Å². The quantitative estimate of drug-likeness (QED) is 0.724. The molecule has 0 fully saturated rings. The summed E-state index contributed by atoms with van der Waals surface area (Å²) in [5.74, 6) is -4.67. The zero-order valence-corrected chi connectivity index (χ0v) is 9.54. The largest absolute Gasteiger partial charge is 0.454 e. The van der Waals surface area contributed by atoms with E-state index in [1.54, 1.807) is 14.0 Å². The lowest BCUT2D eigenvalue weighted by Crippen LogP contribution is -2.49. The summed E-state index contributed by atoms with van der Waals surface area (Å²) in [6.07, 6.45) is -5.49. The number of nitrogens with zero attached hydrogens (tertiary/aromatic N) is 1. The number of nitrogens with one attached hydrogen (secondary N) is 1. The van der Waals surface area contributed by atoms with Gasteiger partial charge in [0.05, 0.1) is 6.54 Å².